The van der Waals surface area contributed by atoms with Crippen LogP contribution < -0.4 is 0 Å². The molecule has 1 aromatic rings. The minimum absolute atomic E-state index is 0.586. The maximum Gasteiger partial charge on any atom is 0.0595 e. The maximum atomic E-state index is 5.82. The van der Waals surface area contributed by atoms with Gasteiger partial charge in [0.1, 0.15) is 0 Å². The molecule has 0 aliphatic rings. The van der Waals surface area contributed by atoms with Crippen LogP contribution in [0.4, 0.5) is 0 Å². The first-order valence-electron chi connectivity index (χ1n) is 3.53. The van der Waals surface area contributed by atoms with Crippen molar-refractivity contribution >= 4 is 40.3 Å². The number of hydrogen-bond donors (Lipinski definition) is 0. The Morgan fingerprint density at radius 3 is 2.50 bits per heavy atom. The lowest BCUT2D eigenvalue weighted by Crippen LogP contribution is -1.93. The van der Waals surface area contributed by atoms with Crippen LogP contribution in [0.1, 0.15) is 12.5 Å². The van der Waals surface area contributed by atoms with Crippen molar-refractivity contribution in [2.24, 2.45) is 0 Å². The van der Waals surface area contributed by atoms with Crippen LogP contribution in [0.2, 0.25) is 10.0 Å². The van der Waals surface area contributed by atoms with Crippen LogP contribution in [-0.2, 0) is 6.42 Å². The van der Waals surface area contributed by atoms with Gasteiger partial charge in [-0.3, -0.25) is 0 Å². The highest BCUT2D eigenvalue weighted by Gasteiger charge is 1.99. The quantitative estimate of drug-likeness (QED) is 0.679. The predicted octanol–water partition coefficient (Wildman–Crippen LogP) is 3.93. The smallest absolute Gasteiger partial charge is 0.0595 e. The van der Waals surface area contributed by atoms with E-state index in [9.17, 15) is 0 Å². The molecule has 0 radical (unpaired) electrons. The Morgan fingerprint density at radius 1 is 1.33 bits per heavy atom. The zero-order valence-electron chi connectivity index (χ0n) is 6.60. The largest absolute Gasteiger partial charge is 0.0896 e. The molecule has 1 rings (SSSR count). The molecule has 0 bridgehead atoms. The molecule has 0 atom stereocenters. The molecular weight excluding hydrogens is 211 g/mol. The van der Waals surface area contributed by atoms with Gasteiger partial charge in [0.2, 0.25) is 0 Å². The van der Waals surface area contributed by atoms with Gasteiger partial charge < -0.3 is 0 Å². The highest BCUT2D eigenvalue weighted by atomic mass is 35.5. The standard InChI is InChI=1S/C9H8Cl2S/c1-6(12)4-7-2-3-8(10)9(11)5-7/h2-3,5H,4H2,1H3. The van der Waals surface area contributed by atoms with E-state index in [4.69, 9.17) is 35.4 Å². The molecule has 0 aliphatic carbocycles. The topological polar surface area (TPSA) is 0 Å². The molecule has 3 heteroatoms. The van der Waals surface area contributed by atoms with Gasteiger partial charge in [-0.2, -0.15) is 0 Å². The second kappa shape index (κ2) is 4.22. The Morgan fingerprint density at radius 2 is 2.00 bits per heavy atom. The molecule has 0 spiro atoms. The van der Waals surface area contributed by atoms with Gasteiger partial charge in [0.05, 0.1) is 10.0 Å². The minimum Gasteiger partial charge on any atom is -0.0896 e. The predicted molar refractivity (Wildman–Crippen MR) is 58.4 cm³/mol. The summed E-state index contributed by atoms with van der Waals surface area (Å²) >= 11 is 16.6. The summed E-state index contributed by atoms with van der Waals surface area (Å²) in [5.41, 5.74) is 1.11. The Labute approximate surface area is 87.5 Å². The summed E-state index contributed by atoms with van der Waals surface area (Å²) in [7, 11) is 0. The maximum absolute atomic E-state index is 5.82. The van der Waals surface area contributed by atoms with E-state index in [-0.39, 0.29) is 0 Å². The molecule has 0 saturated carbocycles. The van der Waals surface area contributed by atoms with Gasteiger partial charge in [0.15, 0.2) is 0 Å². The van der Waals surface area contributed by atoms with Crippen LogP contribution >= 0.6 is 35.4 Å². The van der Waals surface area contributed by atoms with Crippen molar-refractivity contribution in [3.05, 3.63) is 33.8 Å². The molecular formula is C9H8Cl2S. The minimum atomic E-state index is 0.586. The highest BCUT2D eigenvalue weighted by Crippen LogP contribution is 2.22. The average Bonchev–Trinajstić information content (AvgIpc) is 1.96. The van der Waals surface area contributed by atoms with Crippen LogP contribution in [-0.4, -0.2) is 4.86 Å². The van der Waals surface area contributed by atoms with Crippen molar-refractivity contribution in [2.75, 3.05) is 0 Å². The lowest BCUT2D eigenvalue weighted by atomic mass is 10.1. The first-order chi connectivity index (χ1) is 5.59. The lowest BCUT2D eigenvalue weighted by Gasteiger charge is -2.00. The van der Waals surface area contributed by atoms with Gasteiger partial charge in [-0.1, -0.05) is 41.5 Å². The number of benzene rings is 1. The molecule has 0 unspecified atom stereocenters. The summed E-state index contributed by atoms with van der Waals surface area (Å²) in [6, 6.07) is 5.57. The molecule has 0 nitrogen and oxygen atoms in total. The van der Waals surface area contributed by atoms with E-state index in [1.54, 1.807) is 6.07 Å². The van der Waals surface area contributed by atoms with Gasteiger partial charge in [-0.05, 0) is 29.5 Å². The van der Waals surface area contributed by atoms with Gasteiger partial charge in [0.25, 0.3) is 0 Å². The van der Waals surface area contributed by atoms with Crippen molar-refractivity contribution in [2.45, 2.75) is 13.3 Å². The van der Waals surface area contributed by atoms with E-state index >= 15 is 0 Å². The Bertz CT molecular complexity index is 307. The van der Waals surface area contributed by atoms with Crippen LogP contribution in [0.25, 0.3) is 0 Å². The monoisotopic (exact) mass is 218 g/mol. The third kappa shape index (κ3) is 2.74. The fourth-order valence-corrected chi connectivity index (χ4v) is 1.42. The van der Waals surface area contributed by atoms with Crippen molar-refractivity contribution < 1.29 is 0 Å². The number of halogens is 2. The zero-order valence-corrected chi connectivity index (χ0v) is 8.93. The van der Waals surface area contributed by atoms with Crippen LogP contribution in [0.15, 0.2) is 18.2 Å². The first kappa shape index (κ1) is 9.97. The third-order valence-electron chi connectivity index (χ3n) is 1.44. The number of hydrogen-bond acceptors (Lipinski definition) is 1. The van der Waals surface area contributed by atoms with E-state index in [0.29, 0.717) is 10.0 Å². The van der Waals surface area contributed by atoms with E-state index in [0.717, 1.165) is 16.8 Å². The Kier molecular flexibility index (Phi) is 3.51. The highest BCUT2D eigenvalue weighted by molar-refractivity contribution is 7.80. The van der Waals surface area contributed by atoms with Crippen molar-refractivity contribution in [1.82, 2.24) is 0 Å². The normalized spacial score (nSPS) is 9.92. The Balaban J connectivity index is 2.89. The van der Waals surface area contributed by atoms with E-state index in [2.05, 4.69) is 0 Å². The first-order valence-corrected chi connectivity index (χ1v) is 4.69. The van der Waals surface area contributed by atoms with Crippen molar-refractivity contribution in [1.29, 1.82) is 0 Å². The average molecular weight is 219 g/mol. The zero-order chi connectivity index (χ0) is 9.14. The fraction of sp³-hybridized carbons (Fsp3) is 0.222. The summed E-state index contributed by atoms with van der Waals surface area (Å²) in [6.07, 6.45) is 0.784. The lowest BCUT2D eigenvalue weighted by molar-refractivity contribution is 1.34. The van der Waals surface area contributed by atoms with Gasteiger partial charge in [-0.15, -0.1) is 0 Å². The molecule has 1 aromatic carbocycles. The second-order valence-electron chi connectivity index (χ2n) is 2.63. The summed E-state index contributed by atoms with van der Waals surface area (Å²) in [5, 5.41) is 1.17. The SMILES string of the molecule is CC(=S)Cc1ccc(Cl)c(Cl)c1. The van der Waals surface area contributed by atoms with E-state index in [1.165, 1.54) is 0 Å². The van der Waals surface area contributed by atoms with Crippen LogP contribution in [0, 0.1) is 0 Å². The molecule has 0 aliphatic heterocycles. The van der Waals surface area contributed by atoms with E-state index in [1.807, 2.05) is 19.1 Å². The van der Waals surface area contributed by atoms with Gasteiger partial charge in [-0.25, -0.2) is 0 Å². The summed E-state index contributed by atoms with van der Waals surface area (Å²) in [4.78, 5) is 0.952. The molecule has 12 heavy (non-hydrogen) atoms. The summed E-state index contributed by atoms with van der Waals surface area (Å²) < 4.78 is 0. The van der Waals surface area contributed by atoms with Crippen molar-refractivity contribution in [3.63, 3.8) is 0 Å². The fourth-order valence-electron chi connectivity index (χ4n) is 0.937. The summed E-state index contributed by atoms with van der Waals surface area (Å²) in [5.74, 6) is 0. The van der Waals surface area contributed by atoms with Crippen molar-refractivity contribution in [3.8, 4) is 0 Å². The Hall–Kier alpha value is -0.110. The van der Waals surface area contributed by atoms with E-state index < -0.39 is 0 Å². The molecule has 64 valence electrons. The molecule has 0 N–H and O–H groups in total. The molecule has 0 amide bonds. The number of rotatable bonds is 2. The molecule has 0 fully saturated rings. The molecule has 0 heterocycles. The van der Waals surface area contributed by atoms with Gasteiger partial charge >= 0.3 is 0 Å². The van der Waals surface area contributed by atoms with Gasteiger partial charge in [0, 0.05) is 6.42 Å². The third-order valence-corrected chi connectivity index (χ3v) is 2.32. The van der Waals surface area contributed by atoms with Crippen LogP contribution in [0.3, 0.4) is 0 Å². The second-order valence-corrected chi connectivity index (χ2v) is 4.14. The summed E-state index contributed by atoms with van der Waals surface area (Å²) in [6.45, 7) is 1.91. The molecule has 0 saturated heterocycles. The van der Waals surface area contributed by atoms with Crippen LogP contribution in [0.5, 0.6) is 0 Å². The molecule has 0 aromatic heterocycles. The number of thiocarbonyl (C=S) groups is 1.